The third-order valence-electron chi connectivity index (χ3n) is 4.69. The molecule has 0 aromatic rings. The van der Waals surface area contributed by atoms with Crippen LogP contribution in [0.4, 0.5) is 0 Å². The fourth-order valence-corrected chi connectivity index (χ4v) is 3.08. The van der Waals surface area contributed by atoms with Crippen molar-refractivity contribution in [3.8, 4) is 0 Å². The lowest BCUT2D eigenvalue weighted by molar-refractivity contribution is 0.228. The molecule has 0 nitrogen and oxygen atoms in total. The van der Waals surface area contributed by atoms with Crippen molar-refractivity contribution in [2.24, 2.45) is 29.1 Å². The molecule has 13 heavy (non-hydrogen) atoms. The lowest BCUT2D eigenvalue weighted by atomic mass is 9.78. The summed E-state index contributed by atoms with van der Waals surface area (Å²) in [4.78, 5) is 0. The number of hydrogen-bond acceptors (Lipinski definition) is 0. The maximum Gasteiger partial charge on any atom is -0.0349 e. The van der Waals surface area contributed by atoms with Crippen LogP contribution in [0.1, 0.15) is 53.4 Å². The molecule has 2 fully saturated rings. The van der Waals surface area contributed by atoms with Gasteiger partial charge in [0.15, 0.2) is 0 Å². The van der Waals surface area contributed by atoms with Gasteiger partial charge < -0.3 is 0 Å². The van der Waals surface area contributed by atoms with Crippen molar-refractivity contribution < 1.29 is 0 Å². The molecule has 3 unspecified atom stereocenters. The van der Waals surface area contributed by atoms with Crippen molar-refractivity contribution in [2.45, 2.75) is 53.4 Å². The van der Waals surface area contributed by atoms with E-state index in [-0.39, 0.29) is 0 Å². The van der Waals surface area contributed by atoms with E-state index < -0.39 is 0 Å². The van der Waals surface area contributed by atoms with Crippen LogP contribution in [0.15, 0.2) is 0 Å². The van der Waals surface area contributed by atoms with E-state index in [9.17, 15) is 0 Å². The molecular formula is C13H24. The number of fused-ring (bicyclic) bond motifs is 1. The topological polar surface area (TPSA) is 0 Å². The molecule has 2 saturated carbocycles. The first-order chi connectivity index (χ1) is 6.00. The molecule has 76 valence electrons. The Kier molecular flexibility index (Phi) is 2.20. The van der Waals surface area contributed by atoms with Gasteiger partial charge in [0.1, 0.15) is 0 Å². The fourth-order valence-electron chi connectivity index (χ4n) is 3.08. The Morgan fingerprint density at radius 3 is 2.15 bits per heavy atom. The van der Waals surface area contributed by atoms with Crippen molar-refractivity contribution in [1.29, 1.82) is 0 Å². The second-order valence-corrected chi connectivity index (χ2v) is 6.43. The van der Waals surface area contributed by atoms with E-state index in [4.69, 9.17) is 0 Å². The predicted octanol–water partition coefficient (Wildman–Crippen LogP) is 4.10. The lowest BCUT2D eigenvalue weighted by Crippen LogP contribution is -2.18. The molecule has 0 heterocycles. The summed E-state index contributed by atoms with van der Waals surface area (Å²) in [5.74, 6) is 4.35. The Bertz CT molecular complexity index is 177. The molecule has 2 aliphatic carbocycles. The Balaban J connectivity index is 1.80. The molecule has 2 rings (SSSR count). The van der Waals surface area contributed by atoms with Crippen LogP contribution in [-0.2, 0) is 0 Å². The second-order valence-electron chi connectivity index (χ2n) is 6.43. The summed E-state index contributed by atoms with van der Waals surface area (Å²) < 4.78 is 0. The zero-order chi connectivity index (χ0) is 9.64. The monoisotopic (exact) mass is 180 g/mol. The average Bonchev–Trinajstić information content (AvgIpc) is 2.47. The van der Waals surface area contributed by atoms with Crippen molar-refractivity contribution in [3.05, 3.63) is 0 Å². The van der Waals surface area contributed by atoms with E-state index >= 15 is 0 Å². The molecule has 0 heteroatoms. The first-order valence-electron chi connectivity index (χ1n) is 6.00. The van der Waals surface area contributed by atoms with Crippen molar-refractivity contribution in [3.63, 3.8) is 0 Å². The minimum absolute atomic E-state index is 0.525. The van der Waals surface area contributed by atoms with E-state index in [1.54, 1.807) is 12.8 Å². The highest BCUT2D eigenvalue weighted by Gasteiger charge is 2.52. The molecule has 0 N–H and O–H groups in total. The van der Waals surface area contributed by atoms with Gasteiger partial charge in [-0.1, -0.05) is 34.1 Å². The smallest absolute Gasteiger partial charge is 0.0349 e. The Morgan fingerprint density at radius 1 is 1.15 bits per heavy atom. The third kappa shape index (κ3) is 1.78. The summed E-state index contributed by atoms with van der Waals surface area (Å²) in [5.41, 5.74) is 0.525. The minimum Gasteiger partial charge on any atom is -0.0620 e. The molecule has 0 radical (unpaired) electrons. The molecule has 0 aliphatic heterocycles. The van der Waals surface area contributed by atoms with Crippen molar-refractivity contribution in [2.75, 3.05) is 0 Å². The summed E-state index contributed by atoms with van der Waals surface area (Å²) in [6, 6.07) is 0. The van der Waals surface area contributed by atoms with Gasteiger partial charge in [0.25, 0.3) is 0 Å². The average molecular weight is 180 g/mol. The number of hydrogen-bond donors (Lipinski definition) is 0. The highest BCUT2D eigenvalue weighted by atomic mass is 14.6. The maximum atomic E-state index is 2.44. The predicted molar refractivity (Wildman–Crippen MR) is 57.6 cm³/mol. The summed E-state index contributed by atoms with van der Waals surface area (Å²) in [6.45, 7) is 9.59. The van der Waals surface area contributed by atoms with Crippen LogP contribution < -0.4 is 0 Å². The third-order valence-corrected chi connectivity index (χ3v) is 4.69. The van der Waals surface area contributed by atoms with Crippen LogP contribution in [0, 0.1) is 29.1 Å². The Labute approximate surface area is 83.1 Å². The maximum absolute atomic E-state index is 2.44. The molecule has 0 saturated heterocycles. The largest absolute Gasteiger partial charge is 0.0620 e. The summed E-state index contributed by atoms with van der Waals surface area (Å²) in [5, 5.41) is 0. The van der Waals surface area contributed by atoms with Gasteiger partial charge in [-0.15, -0.1) is 0 Å². The zero-order valence-corrected chi connectivity index (χ0v) is 9.64. The Hall–Kier alpha value is 0. The minimum atomic E-state index is 0.525. The van der Waals surface area contributed by atoms with Crippen LogP contribution in [-0.4, -0.2) is 0 Å². The lowest BCUT2D eigenvalue weighted by Gasteiger charge is -2.27. The van der Waals surface area contributed by atoms with Crippen molar-refractivity contribution >= 4 is 0 Å². The molecule has 0 aromatic carbocycles. The van der Waals surface area contributed by atoms with Crippen LogP contribution in [0.25, 0.3) is 0 Å². The summed E-state index contributed by atoms with van der Waals surface area (Å²) in [7, 11) is 0. The van der Waals surface area contributed by atoms with E-state index in [0.717, 1.165) is 23.7 Å². The van der Waals surface area contributed by atoms with Gasteiger partial charge in [0, 0.05) is 0 Å². The van der Waals surface area contributed by atoms with Gasteiger partial charge in [-0.05, 0) is 48.3 Å². The van der Waals surface area contributed by atoms with Gasteiger partial charge in [-0.2, -0.15) is 0 Å². The second kappa shape index (κ2) is 3.00. The van der Waals surface area contributed by atoms with E-state index in [0.29, 0.717) is 5.41 Å². The van der Waals surface area contributed by atoms with Gasteiger partial charge in [-0.3, -0.25) is 0 Å². The summed E-state index contributed by atoms with van der Waals surface area (Å²) >= 11 is 0. The first-order valence-corrected chi connectivity index (χ1v) is 6.00. The first kappa shape index (κ1) is 9.55. The van der Waals surface area contributed by atoms with Crippen LogP contribution >= 0.6 is 0 Å². The van der Waals surface area contributed by atoms with Crippen LogP contribution in [0.5, 0.6) is 0 Å². The standard InChI is InChI=1S/C13H24/c1-9(13(2,3)4)8-12-10-6-5-7-11(10)12/h9-12H,5-8H2,1-4H3. The zero-order valence-electron chi connectivity index (χ0n) is 9.64. The SMILES string of the molecule is CC(CC1C2CCCC21)C(C)(C)C. The van der Waals surface area contributed by atoms with Gasteiger partial charge >= 0.3 is 0 Å². The molecule has 0 spiro atoms. The number of rotatable bonds is 2. The molecule has 0 amide bonds. The normalized spacial score (nSPS) is 40.2. The van der Waals surface area contributed by atoms with E-state index in [1.165, 1.54) is 12.8 Å². The van der Waals surface area contributed by atoms with Crippen LogP contribution in [0.3, 0.4) is 0 Å². The molecule has 0 aromatic heterocycles. The Morgan fingerprint density at radius 2 is 1.69 bits per heavy atom. The van der Waals surface area contributed by atoms with Crippen LogP contribution in [0.2, 0.25) is 0 Å². The molecule has 3 atom stereocenters. The van der Waals surface area contributed by atoms with E-state index in [2.05, 4.69) is 27.7 Å². The van der Waals surface area contributed by atoms with Gasteiger partial charge in [0.05, 0.1) is 0 Å². The fraction of sp³-hybridized carbons (Fsp3) is 1.00. The quantitative estimate of drug-likeness (QED) is 0.600. The molecule has 2 aliphatic rings. The molecule has 0 bridgehead atoms. The van der Waals surface area contributed by atoms with Gasteiger partial charge in [-0.25, -0.2) is 0 Å². The highest BCUT2D eigenvalue weighted by molar-refractivity contribution is 5.01. The van der Waals surface area contributed by atoms with Crippen molar-refractivity contribution in [1.82, 2.24) is 0 Å². The molecular weight excluding hydrogens is 156 g/mol. The summed E-state index contributed by atoms with van der Waals surface area (Å²) in [6.07, 6.45) is 6.12. The highest BCUT2D eigenvalue weighted by Crippen LogP contribution is 2.60. The van der Waals surface area contributed by atoms with E-state index in [1.807, 2.05) is 0 Å². The van der Waals surface area contributed by atoms with Gasteiger partial charge in [0.2, 0.25) is 0 Å².